The highest BCUT2D eigenvalue weighted by Gasteiger charge is 2.13. The standard InChI is InChI=1S/C8H14O3S/c9-12(10,11)8-6-4-2-1-3-5-7-8/h6H,1-5,7H2,(H,9,10,11). The van der Waals surface area contributed by atoms with E-state index in [1.54, 1.807) is 6.08 Å². The van der Waals surface area contributed by atoms with Crippen molar-refractivity contribution in [2.75, 3.05) is 0 Å². The van der Waals surface area contributed by atoms with E-state index < -0.39 is 10.1 Å². The molecule has 1 N–H and O–H groups in total. The first-order chi connectivity index (χ1) is 5.61. The summed E-state index contributed by atoms with van der Waals surface area (Å²) < 4.78 is 30.2. The minimum atomic E-state index is -3.90. The Bertz CT molecular complexity index is 264. The minimum Gasteiger partial charge on any atom is -0.282 e. The fraction of sp³-hybridized carbons (Fsp3) is 0.750. The molecule has 0 fully saturated rings. The Kier molecular flexibility index (Phi) is 3.29. The molecule has 0 aromatic carbocycles. The summed E-state index contributed by atoms with van der Waals surface area (Å²) >= 11 is 0. The molecule has 3 nitrogen and oxygen atoms in total. The second kappa shape index (κ2) is 4.05. The second-order valence-electron chi connectivity index (χ2n) is 3.10. The number of rotatable bonds is 1. The molecule has 0 saturated heterocycles. The van der Waals surface area contributed by atoms with Gasteiger partial charge < -0.3 is 0 Å². The van der Waals surface area contributed by atoms with E-state index in [0.29, 0.717) is 6.42 Å². The van der Waals surface area contributed by atoms with Gasteiger partial charge in [0.1, 0.15) is 0 Å². The van der Waals surface area contributed by atoms with Crippen molar-refractivity contribution in [3.63, 3.8) is 0 Å². The van der Waals surface area contributed by atoms with Gasteiger partial charge in [-0.3, -0.25) is 4.55 Å². The molecular weight excluding hydrogens is 176 g/mol. The molecule has 70 valence electrons. The highest BCUT2D eigenvalue weighted by atomic mass is 32.2. The number of hydrogen-bond donors (Lipinski definition) is 1. The van der Waals surface area contributed by atoms with Gasteiger partial charge in [-0.1, -0.05) is 18.9 Å². The lowest BCUT2D eigenvalue weighted by Gasteiger charge is -2.07. The topological polar surface area (TPSA) is 54.4 Å². The van der Waals surface area contributed by atoms with E-state index in [4.69, 9.17) is 4.55 Å². The molecule has 1 aliphatic rings. The Hall–Kier alpha value is -0.350. The molecule has 12 heavy (non-hydrogen) atoms. The lowest BCUT2D eigenvalue weighted by Crippen LogP contribution is -2.03. The van der Waals surface area contributed by atoms with Gasteiger partial charge in [0, 0.05) is 0 Å². The van der Waals surface area contributed by atoms with E-state index in [1.165, 1.54) is 0 Å². The average Bonchev–Trinajstić information content (AvgIpc) is 1.81. The molecular formula is C8H14O3S. The van der Waals surface area contributed by atoms with Crippen molar-refractivity contribution in [2.24, 2.45) is 0 Å². The van der Waals surface area contributed by atoms with Crippen LogP contribution in [0.5, 0.6) is 0 Å². The van der Waals surface area contributed by atoms with Crippen LogP contribution >= 0.6 is 0 Å². The molecule has 0 unspecified atom stereocenters. The van der Waals surface area contributed by atoms with Crippen LogP contribution in [0.25, 0.3) is 0 Å². The maximum atomic E-state index is 10.7. The molecule has 0 saturated carbocycles. The van der Waals surface area contributed by atoms with Crippen molar-refractivity contribution in [2.45, 2.75) is 38.5 Å². The van der Waals surface area contributed by atoms with Gasteiger partial charge in [-0.25, -0.2) is 0 Å². The largest absolute Gasteiger partial charge is 0.290 e. The van der Waals surface area contributed by atoms with Crippen molar-refractivity contribution >= 4 is 10.1 Å². The number of hydrogen-bond acceptors (Lipinski definition) is 2. The Morgan fingerprint density at radius 2 is 1.83 bits per heavy atom. The molecule has 0 heterocycles. The minimum absolute atomic E-state index is 0.210. The van der Waals surface area contributed by atoms with Gasteiger partial charge in [-0.15, -0.1) is 0 Å². The van der Waals surface area contributed by atoms with Crippen LogP contribution in [-0.4, -0.2) is 13.0 Å². The lowest BCUT2D eigenvalue weighted by atomic mass is 10.1. The molecule has 0 aromatic rings. The normalized spacial score (nSPS) is 20.9. The van der Waals surface area contributed by atoms with E-state index in [0.717, 1.165) is 32.1 Å². The zero-order chi connectivity index (χ0) is 9.03. The predicted octanol–water partition coefficient (Wildman–Crippen LogP) is 2.11. The lowest BCUT2D eigenvalue weighted by molar-refractivity contribution is 0.486. The molecule has 0 bridgehead atoms. The molecule has 0 aromatic heterocycles. The van der Waals surface area contributed by atoms with Gasteiger partial charge in [0.15, 0.2) is 0 Å². The second-order valence-corrected chi connectivity index (χ2v) is 4.57. The first kappa shape index (κ1) is 9.74. The van der Waals surface area contributed by atoms with Crippen LogP contribution in [0.4, 0.5) is 0 Å². The van der Waals surface area contributed by atoms with Gasteiger partial charge in [-0.2, -0.15) is 8.42 Å². The summed E-state index contributed by atoms with van der Waals surface area (Å²) in [6, 6.07) is 0. The molecule has 4 heteroatoms. The van der Waals surface area contributed by atoms with Crippen LogP contribution in [-0.2, 0) is 10.1 Å². The summed E-state index contributed by atoms with van der Waals surface area (Å²) in [5.74, 6) is 0. The van der Waals surface area contributed by atoms with E-state index in [9.17, 15) is 8.42 Å². The Labute approximate surface area is 73.2 Å². The van der Waals surface area contributed by atoms with Gasteiger partial charge in [0.2, 0.25) is 0 Å². The third-order valence-corrected chi connectivity index (χ3v) is 3.11. The Morgan fingerprint density at radius 3 is 2.50 bits per heavy atom. The van der Waals surface area contributed by atoms with Crippen LogP contribution in [0, 0.1) is 0 Å². The summed E-state index contributed by atoms with van der Waals surface area (Å²) in [7, 11) is -3.90. The summed E-state index contributed by atoms with van der Waals surface area (Å²) in [6.07, 6.45) is 7.04. The summed E-state index contributed by atoms with van der Waals surface area (Å²) in [5.41, 5.74) is 0. The van der Waals surface area contributed by atoms with Gasteiger partial charge >= 0.3 is 0 Å². The SMILES string of the molecule is O=S(=O)(O)C1=CCCCCCC1. The van der Waals surface area contributed by atoms with Crippen LogP contribution < -0.4 is 0 Å². The molecule has 0 amide bonds. The molecule has 1 aliphatic carbocycles. The average molecular weight is 190 g/mol. The van der Waals surface area contributed by atoms with Crippen molar-refractivity contribution in [1.82, 2.24) is 0 Å². The van der Waals surface area contributed by atoms with Gasteiger partial charge in [-0.05, 0) is 25.7 Å². The van der Waals surface area contributed by atoms with Crippen molar-refractivity contribution in [3.05, 3.63) is 11.0 Å². The van der Waals surface area contributed by atoms with Crippen LogP contribution in [0.3, 0.4) is 0 Å². The van der Waals surface area contributed by atoms with Crippen molar-refractivity contribution in [3.8, 4) is 0 Å². The maximum Gasteiger partial charge on any atom is 0.290 e. The van der Waals surface area contributed by atoms with Crippen molar-refractivity contribution in [1.29, 1.82) is 0 Å². The smallest absolute Gasteiger partial charge is 0.282 e. The molecule has 0 radical (unpaired) electrons. The first-order valence-corrected chi connectivity index (χ1v) is 5.71. The monoisotopic (exact) mass is 190 g/mol. The summed E-state index contributed by atoms with van der Waals surface area (Å²) in [5, 5.41) is 0. The van der Waals surface area contributed by atoms with Gasteiger partial charge in [0.25, 0.3) is 10.1 Å². The fourth-order valence-electron chi connectivity index (χ4n) is 1.40. The van der Waals surface area contributed by atoms with Crippen LogP contribution in [0.1, 0.15) is 38.5 Å². The van der Waals surface area contributed by atoms with E-state index >= 15 is 0 Å². The Morgan fingerprint density at radius 1 is 1.17 bits per heavy atom. The quantitative estimate of drug-likeness (QED) is 0.644. The number of allylic oxidation sites excluding steroid dienone is 2. The highest BCUT2D eigenvalue weighted by Crippen LogP contribution is 2.20. The first-order valence-electron chi connectivity index (χ1n) is 4.27. The van der Waals surface area contributed by atoms with E-state index in [1.807, 2.05) is 0 Å². The van der Waals surface area contributed by atoms with Crippen LogP contribution in [0.2, 0.25) is 0 Å². The molecule has 0 spiro atoms. The summed E-state index contributed by atoms with van der Waals surface area (Å²) in [6.45, 7) is 0. The van der Waals surface area contributed by atoms with Crippen molar-refractivity contribution < 1.29 is 13.0 Å². The van der Waals surface area contributed by atoms with Crippen LogP contribution in [0.15, 0.2) is 11.0 Å². The predicted molar refractivity (Wildman–Crippen MR) is 47.3 cm³/mol. The van der Waals surface area contributed by atoms with E-state index in [-0.39, 0.29) is 4.91 Å². The summed E-state index contributed by atoms with van der Waals surface area (Å²) in [4.78, 5) is 0.210. The zero-order valence-corrected chi connectivity index (χ0v) is 7.81. The third-order valence-electron chi connectivity index (χ3n) is 2.08. The molecule has 0 aliphatic heterocycles. The Balaban J connectivity index is 2.73. The van der Waals surface area contributed by atoms with E-state index in [2.05, 4.69) is 0 Å². The molecule has 0 atom stereocenters. The zero-order valence-electron chi connectivity index (χ0n) is 6.99. The third kappa shape index (κ3) is 2.95. The molecule has 1 rings (SSSR count). The highest BCUT2D eigenvalue weighted by molar-refractivity contribution is 7.89. The fourth-order valence-corrected chi connectivity index (χ4v) is 2.13. The maximum absolute atomic E-state index is 10.7. The van der Waals surface area contributed by atoms with Gasteiger partial charge in [0.05, 0.1) is 4.91 Å².